The van der Waals surface area contributed by atoms with Crippen molar-refractivity contribution in [2.45, 2.75) is 39.6 Å². The van der Waals surface area contributed by atoms with E-state index in [2.05, 4.69) is 30.5 Å². The molecule has 0 aliphatic rings. The summed E-state index contributed by atoms with van der Waals surface area (Å²) >= 11 is 0. The lowest BCUT2D eigenvalue weighted by Crippen LogP contribution is -2.33. The summed E-state index contributed by atoms with van der Waals surface area (Å²) in [4.78, 5) is 0. The Morgan fingerprint density at radius 1 is 1.16 bits per heavy atom. The maximum absolute atomic E-state index is 5.67. The van der Waals surface area contributed by atoms with Gasteiger partial charge >= 0.3 is 0 Å². The molecule has 4 nitrogen and oxygen atoms in total. The molecule has 1 aromatic carbocycles. The molecule has 0 heterocycles. The summed E-state index contributed by atoms with van der Waals surface area (Å²) in [5.74, 6) is 0.883. The normalized spacial score (nSPS) is 12.7. The molecule has 0 aliphatic heterocycles. The molecule has 0 bridgehead atoms. The van der Waals surface area contributed by atoms with Gasteiger partial charge in [-0.1, -0.05) is 26.0 Å². The van der Waals surface area contributed by atoms with Gasteiger partial charge in [-0.15, -0.1) is 0 Å². The molecule has 19 heavy (non-hydrogen) atoms. The molecular formula is C15H26N2O2. The fraction of sp³-hybridized carbons (Fsp3) is 0.600. The van der Waals surface area contributed by atoms with Crippen LogP contribution in [0.4, 0.5) is 0 Å². The first-order chi connectivity index (χ1) is 9.11. The SMILES string of the molecule is COc1cccc(CNC(C)OCCNC(C)C)c1. The predicted molar refractivity (Wildman–Crippen MR) is 78.4 cm³/mol. The van der Waals surface area contributed by atoms with E-state index in [9.17, 15) is 0 Å². The van der Waals surface area contributed by atoms with Crippen LogP contribution in [-0.4, -0.2) is 32.5 Å². The molecule has 0 amide bonds. The van der Waals surface area contributed by atoms with Gasteiger partial charge in [0, 0.05) is 19.1 Å². The lowest BCUT2D eigenvalue weighted by Gasteiger charge is -2.16. The summed E-state index contributed by atoms with van der Waals surface area (Å²) in [5.41, 5.74) is 1.19. The largest absolute Gasteiger partial charge is 0.497 e. The fourth-order valence-corrected chi connectivity index (χ4v) is 1.69. The topological polar surface area (TPSA) is 42.5 Å². The maximum atomic E-state index is 5.67. The van der Waals surface area contributed by atoms with E-state index in [1.54, 1.807) is 7.11 Å². The van der Waals surface area contributed by atoms with Crippen LogP contribution in [0.2, 0.25) is 0 Å². The van der Waals surface area contributed by atoms with Gasteiger partial charge in [0.1, 0.15) is 12.0 Å². The number of hydrogen-bond donors (Lipinski definition) is 2. The first kappa shape index (κ1) is 16.0. The highest BCUT2D eigenvalue weighted by atomic mass is 16.5. The first-order valence-electron chi connectivity index (χ1n) is 6.83. The molecule has 1 atom stereocenters. The van der Waals surface area contributed by atoms with E-state index in [0.717, 1.165) is 18.8 Å². The van der Waals surface area contributed by atoms with Crippen molar-refractivity contribution >= 4 is 0 Å². The van der Waals surface area contributed by atoms with Gasteiger partial charge in [0.2, 0.25) is 0 Å². The summed E-state index contributed by atoms with van der Waals surface area (Å²) in [7, 11) is 1.68. The third-order valence-corrected chi connectivity index (χ3v) is 2.75. The highest BCUT2D eigenvalue weighted by Gasteiger charge is 2.02. The zero-order chi connectivity index (χ0) is 14.1. The summed E-state index contributed by atoms with van der Waals surface area (Å²) < 4.78 is 10.9. The molecule has 0 radical (unpaired) electrons. The average molecular weight is 266 g/mol. The molecule has 0 saturated carbocycles. The Balaban J connectivity index is 2.20. The molecule has 0 aliphatic carbocycles. The number of rotatable bonds is 9. The van der Waals surface area contributed by atoms with E-state index in [1.807, 2.05) is 25.1 Å². The minimum absolute atomic E-state index is 0.0418. The Morgan fingerprint density at radius 2 is 1.95 bits per heavy atom. The summed E-state index contributed by atoms with van der Waals surface area (Å²) in [5, 5.41) is 6.65. The Hall–Kier alpha value is -1.10. The smallest absolute Gasteiger partial charge is 0.119 e. The Kier molecular flexibility index (Phi) is 7.48. The van der Waals surface area contributed by atoms with Gasteiger partial charge in [0.15, 0.2) is 0 Å². The molecule has 0 spiro atoms. The summed E-state index contributed by atoms with van der Waals surface area (Å²) in [6.07, 6.45) is 0.0418. The van der Waals surface area contributed by atoms with E-state index in [-0.39, 0.29) is 6.23 Å². The zero-order valence-corrected chi connectivity index (χ0v) is 12.4. The lowest BCUT2D eigenvalue weighted by molar-refractivity contribution is 0.0426. The second-order valence-corrected chi connectivity index (χ2v) is 4.85. The van der Waals surface area contributed by atoms with Gasteiger partial charge < -0.3 is 14.8 Å². The molecule has 1 unspecified atom stereocenters. The van der Waals surface area contributed by atoms with Crippen molar-refractivity contribution in [1.29, 1.82) is 0 Å². The lowest BCUT2D eigenvalue weighted by atomic mass is 10.2. The van der Waals surface area contributed by atoms with Crippen LogP contribution >= 0.6 is 0 Å². The van der Waals surface area contributed by atoms with Gasteiger partial charge in [-0.25, -0.2) is 0 Å². The Bertz CT molecular complexity index is 356. The number of benzene rings is 1. The van der Waals surface area contributed by atoms with Crippen molar-refractivity contribution in [3.05, 3.63) is 29.8 Å². The maximum Gasteiger partial charge on any atom is 0.119 e. The van der Waals surface area contributed by atoms with Crippen molar-refractivity contribution in [2.24, 2.45) is 0 Å². The average Bonchev–Trinajstić information content (AvgIpc) is 2.41. The number of nitrogens with one attached hydrogen (secondary N) is 2. The van der Waals surface area contributed by atoms with E-state index in [4.69, 9.17) is 9.47 Å². The third kappa shape index (κ3) is 7.15. The van der Waals surface area contributed by atoms with Crippen molar-refractivity contribution in [2.75, 3.05) is 20.3 Å². The molecule has 0 fully saturated rings. The fourth-order valence-electron chi connectivity index (χ4n) is 1.69. The van der Waals surface area contributed by atoms with E-state index in [0.29, 0.717) is 12.6 Å². The first-order valence-corrected chi connectivity index (χ1v) is 6.83. The van der Waals surface area contributed by atoms with Crippen molar-refractivity contribution < 1.29 is 9.47 Å². The van der Waals surface area contributed by atoms with E-state index >= 15 is 0 Å². The molecule has 0 aromatic heterocycles. The number of hydrogen-bond acceptors (Lipinski definition) is 4. The number of methoxy groups -OCH3 is 1. The standard InChI is InChI=1S/C15H26N2O2/c1-12(2)16-8-9-19-13(3)17-11-14-6-5-7-15(10-14)18-4/h5-7,10,12-13,16-17H,8-9,11H2,1-4H3. The molecule has 2 N–H and O–H groups in total. The van der Waals surface area contributed by atoms with E-state index in [1.165, 1.54) is 5.56 Å². The van der Waals surface area contributed by atoms with Crippen LogP contribution in [0.5, 0.6) is 5.75 Å². The van der Waals surface area contributed by atoms with E-state index < -0.39 is 0 Å². The van der Waals surface area contributed by atoms with Crippen LogP contribution in [0.3, 0.4) is 0 Å². The monoisotopic (exact) mass is 266 g/mol. The van der Waals surface area contributed by atoms with Gasteiger partial charge in [-0.2, -0.15) is 0 Å². The van der Waals surface area contributed by atoms with Crippen molar-refractivity contribution in [3.63, 3.8) is 0 Å². The third-order valence-electron chi connectivity index (χ3n) is 2.75. The predicted octanol–water partition coefficient (Wildman–Crippen LogP) is 2.15. The van der Waals surface area contributed by atoms with Crippen LogP contribution in [0.1, 0.15) is 26.3 Å². The van der Waals surface area contributed by atoms with Crippen LogP contribution in [0.15, 0.2) is 24.3 Å². The second kappa shape index (κ2) is 8.91. The van der Waals surface area contributed by atoms with Crippen LogP contribution in [0, 0.1) is 0 Å². The minimum atomic E-state index is 0.0418. The zero-order valence-electron chi connectivity index (χ0n) is 12.4. The van der Waals surface area contributed by atoms with Gasteiger partial charge in [0.25, 0.3) is 0 Å². The summed E-state index contributed by atoms with van der Waals surface area (Å²) in [6.45, 7) is 8.65. The highest BCUT2D eigenvalue weighted by molar-refractivity contribution is 5.28. The summed E-state index contributed by atoms with van der Waals surface area (Å²) in [6, 6.07) is 8.54. The Labute approximate surface area is 116 Å². The van der Waals surface area contributed by atoms with Crippen molar-refractivity contribution in [1.82, 2.24) is 10.6 Å². The Morgan fingerprint density at radius 3 is 2.63 bits per heavy atom. The van der Waals surface area contributed by atoms with Crippen LogP contribution < -0.4 is 15.4 Å². The van der Waals surface area contributed by atoms with Crippen molar-refractivity contribution in [3.8, 4) is 5.75 Å². The highest BCUT2D eigenvalue weighted by Crippen LogP contribution is 2.12. The number of ether oxygens (including phenoxy) is 2. The van der Waals surface area contributed by atoms with Gasteiger partial charge in [0.05, 0.1) is 13.7 Å². The molecule has 1 rings (SSSR count). The van der Waals surface area contributed by atoms with Crippen LogP contribution in [-0.2, 0) is 11.3 Å². The quantitative estimate of drug-likeness (QED) is 0.531. The van der Waals surface area contributed by atoms with Gasteiger partial charge in [-0.3, -0.25) is 5.32 Å². The molecule has 0 saturated heterocycles. The molecule has 108 valence electrons. The van der Waals surface area contributed by atoms with Gasteiger partial charge in [-0.05, 0) is 24.6 Å². The molecule has 1 aromatic rings. The molecule has 4 heteroatoms. The second-order valence-electron chi connectivity index (χ2n) is 4.85. The minimum Gasteiger partial charge on any atom is -0.497 e. The van der Waals surface area contributed by atoms with Crippen LogP contribution in [0.25, 0.3) is 0 Å². The molecular weight excluding hydrogens is 240 g/mol.